The zero-order chi connectivity index (χ0) is 16.8. The van der Waals surface area contributed by atoms with Crippen LogP contribution >= 0.6 is 0 Å². The number of hydrogen-bond donors (Lipinski definition) is 0. The zero-order valence-electron chi connectivity index (χ0n) is 13.2. The smallest absolute Gasteiger partial charge is 0.358 e. The van der Waals surface area contributed by atoms with Gasteiger partial charge in [-0.15, -0.1) is 15.0 Å². The van der Waals surface area contributed by atoms with Crippen LogP contribution < -0.4 is 0 Å². The van der Waals surface area contributed by atoms with Crippen LogP contribution in [0.5, 0.6) is 0 Å². The third-order valence-electron chi connectivity index (χ3n) is 3.25. The SMILES string of the molecule is CCOC(=O)/C(=C/c1ccccc1)n1nnc(-c2ccccc2)n1. The first-order valence-electron chi connectivity index (χ1n) is 7.57. The largest absolute Gasteiger partial charge is 0.461 e. The van der Waals surface area contributed by atoms with E-state index in [1.165, 1.54) is 4.80 Å². The molecule has 0 unspecified atom stereocenters. The number of tetrazole rings is 1. The van der Waals surface area contributed by atoms with Gasteiger partial charge in [-0.25, -0.2) is 4.79 Å². The fourth-order valence-corrected chi connectivity index (χ4v) is 2.13. The summed E-state index contributed by atoms with van der Waals surface area (Å²) >= 11 is 0. The van der Waals surface area contributed by atoms with E-state index in [0.29, 0.717) is 5.82 Å². The topological polar surface area (TPSA) is 69.9 Å². The van der Waals surface area contributed by atoms with Gasteiger partial charge in [-0.3, -0.25) is 0 Å². The number of ether oxygens (including phenoxy) is 1. The second kappa shape index (κ2) is 7.32. The molecule has 6 nitrogen and oxygen atoms in total. The average Bonchev–Trinajstić information content (AvgIpc) is 3.11. The van der Waals surface area contributed by atoms with E-state index in [2.05, 4.69) is 15.4 Å². The summed E-state index contributed by atoms with van der Waals surface area (Å²) in [7, 11) is 0. The van der Waals surface area contributed by atoms with Crippen molar-refractivity contribution in [1.29, 1.82) is 0 Å². The Labute approximate surface area is 139 Å². The first-order valence-corrected chi connectivity index (χ1v) is 7.57. The van der Waals surface area contributed by atoms with E-state index in [0.717, 1.165) is 11.1 Å². The molecule has 0 N–H and O–H groups in total. The number of nitrogens with zero attached hydrogens (tertiary/aromatic N) is 4. The van der Waals surface area contributed by atoms with Crippen LogP contribution in [0.3, 0.4) is 0 Å². The Morgan fingerprint density at radius 1 is 1.08 bits per heavy atom. The lowest BCUT2D eigenvalue weighted by Gasteiger charge is -2.05. The highest BCUT2D eigenvalue weighted by Gasteiger charge is 2.17. The van der Waals surface area contributed by atoms with Crippen LogP contribution in [-0.4, -0.2) is 32.8 Å². The number of benzene rings is 2. The van der Waals surface area contributed by atoms with Gasteiger partial charge in [-0.2, -0.15) is 0 Å². The predicted octanol–water partition coefficient (Wildman–Crippen LogP) is 2.90. The van der Waals surface area contributed by atoms with Crippen molar-refractivity contribution in [1.82, 2.24) is 20.2 Å². The summed E-state index contributed by atoms with van der Waals surface area (Å²) in [5, 5.41) is 12.3. The Bertz CT molecular complexity index is 842. The summed E-state index contributed by atoms with van der Waals surface area (Å²) in [6.07, 6.45) is 1.68. The van der Waals surface area contributed by atoms with Crippen molar-refractivity contribution in [3.8, 4) is 11.4 Å². The van der Waals surface area contributed by atoms with Gasteiger partial charge in [-0.05, 0) is 23.8 Å². The van der Waals surface area contributed by atoms with Crippen LogP contribution in [0.25, 0.3) is 23.2 Å². The van der Waals surface area contributed by atoms with E-state index in [4.69, 9.17) is 4.74 Å². The molecule has 1 aromatic heterocycles. The van der Waals surface area contributed by atoms with Crippen LogP contribution in [0.1, 0.15) is 12.5 Å². The minimum Gasteiger partial charge on any atom is -0.461 e. The predicted molar refractivity (Wildman–Crippen MR) is 90.5 cm³/mol. The molecule has 0 atom stereocenters. The van der Waals surface area contributed by atoms with Crippen molar-refractivity contribution < 1.29 is 9.53 Å². The van der Waals surface area contributed by atoms with Gasteiger partial charge in [-0.1, -0.05) is 60.7 Å². The van der Waals surface area contributed by atoms with E-state index in [9.17, 15) is 4.79 Å². The fraction of sp³-hybridized carbons (Fsp3) is 0.111. The highest BCUT2D eigenvalue weighted by Crippen LogP contribution is 2.16. The highest BCUT2D eigenvalue weighted by molar-refractivity contribution is 6.14. The molecule has 120 valence electrons. The zero-order valence-corrected chi connectivity index (χ0v) is 13.2. The maximum Gasteiger partial charge on any atom is 0.358 e. The minimum atomic E-state index is -0.502. The third-order valence-corrected chi connectivity index (χ3v) is 3.25. The maximum absolute atomic E-state index is 12.3. The van der Waals surface area contributed by atoms with Gasteiger partial charge >= 0.3 is 5.97 Å². The van der Waals surface area contributed by atoms with E-state index < -0.39 is 5.97 Å². The summed E-state index contributed by atoms with van der Waals surface area (Å²) in [5.74, 6) is -0.0581. The molecular weight excluding hydrogens is 304 g/mol. The Balaban J connectivity index is 1.99. The molecule has 0 spiro atoms. The minimum absolute atomic E-state index is 0.206. The fourth-order valence-electron chi connectivity index (χ4n) is 2.13. The van der Waals surface area contributed by atoms with Crippen molar-refractivity contribution in [2.75, 3.05) is 6.61 Å². The summed E-state index contributed by atoms with van der Waals surface area (Å²) in [5.41, 5.74) is 1.88. The summed E-state index contributed by atoms with van der Waals surface area (Å²) in [6.45, 7) is 2.02. The van der Waals surface area contributed by atoms with Crippen LogP contribution in [0.4, 0.5) is 0 Å². The Morgan fingerprint density at radius 2 is 1.75 bits per heavy atom. The molecule has 3 aromatic rings. The second-order valence-electron chi connectivity index (χ2n) is 4.93. The maximum atomic E-state index is 12.3. The van der Waals surface area contributed by atoms with E-state index in [1.54, 1.807) is 13.0 Å². The summed E-state index contributed by atoms with van der Waals surface area (Å²) in [6, 6.07) is 18.9. The van der Waals surface area contributed by atoms with Crippen molar-refractivity contribution >= 4 is 17.7 Å². The Kier molecular flexibility index (Phi) is 4.76. The molecule has 0 aliphatic heterocycles. The van der Waals surface area contributed by atoms with Gasteiger partial charge in [0.05, 0.1) is 6.61 Å². The van der Waals surface area contributed by atoms with E-state index in [-0.39, 0.29) is 12.3 Å². The molecule has 1 heterocycles. The molecule has 0 radical (unpaired) electrons. The van der Waals surface area contributed by atoms with Gasteiger partial charge in [0.1, 0.15) is 0 Å². The molecule has 0 aliphatic rings. The van der Waals surface area contributed by atoms with Crippen LogP contribution in [-0.2, 0) is 9.53 Å². The monoisotopic (exact) mass is 320 g/mol. The van der Waals surface area contributed by atoms with E-state index >= 15 is 0 Å². The Morgan fingerprint density at radius 3 is 2.42 bits per heavy atom. The first kappa shape index (κ1) is 15.6. The molecule has 3 rings (SSSR count). The molecule has 0 fully saturated rings. The lowest BCUT2D eigenvalue weighted by Crippen LogP contribution is -2.14. The van der Waals surface area contributed by atoms with Crippen molar-refractivity contribution in [3.63, 3.8) is 0 Å². The highest BCUT2D eigenvalue weighted by atomic mass is 16.5. The van der Waals surface area contributed by atoms with Gasteiger partial charge in [0, 0.05) is 5.56 Å². The van der Waals surface area contributed by atoms with Crippen LogP contribution in [0.2, 0.25) is 0 Å². The van der Waals surface area contributed by atoms with Crippen molar-refractivity contribution in [2.24, 2.45) is 0 Å². The molecule has 0 amide bonds. The number of carbonyl (C=O) groups is 1. The molecule has 0 bridgehead atoms. The van der Waals surface area contributed by atoms with E-state index in [1.807, 2.05) is 60.7 Å². The molecular formula is C18H16N4O2. The van der Waals surface area contributed by atoms with Gasteiger partial charge in [0.2, 0.25) is 5.82 Å². The standard InChI is InChI=1S/C18H16N4O2/c1-2-24-18(23)16(13-14-9-5-3-6-10-14)22-20-17(19-21-22)15-11-7-4-8-12-15/h3-13H,2H2,1H3/b16-13-. The van der Waals surface area contributed by atoms with Crippen LogP contribution in [0.15, 0.2) is 60.7 Å². The quantitative estimate of drug-likeness (QED) is 0.534. The average molecular weight is 320 g/mol. The lowest BCUT2D eigenvalue weighted by atomic mass is 10.2. The number of hydrogen-bond acceptors (Lipinski definition) is 5. The number of rotatable bonds is 5. The Hall–Kier alpha value is -3.28. The molecule has 24 heavy (non-hydrogen) atoms. The number of esters is 1. The molecule has 0 aliphatic carbocycles. The van der Waals surface area contributed by atoms with Gasteiger partial charge < -0.3 is 4.74 Å². The molecule has 0 saturated carbocycles. The third kappa shape index (κ3) is 3.55. The molecule has 0 saturated heterocycles. The number of carbonyl (C=O) groups excluding carboxylic acids is 1. The van der Waals surface area contributed by atoms with Crippen molar-refractivity contribution in [3.05, 3.63) is 66.2 Å². The normalized spacial score (nSPS) is 11.3. The molecule has 6 heteroatoms. The van der Waals surface area contributed by atoms with Gasteiger partial charge in [0.25, 0.3) is 0 Å². The van der Waals surface area contributed by atoms with Crippen LogP contribution in [0, 0.1) is 0 Å². The first-order chi connectivity index (χ1) is 11.8. The second-order valence-corrected chi connectivity index (χ2v) is 4.93. The number of aromatic nitrogens is 4. The van der Waals surface area contributed by atoms with Gasteiger partial charge in [0.15, 0.2) is 5.70 Å². The summed E-state index contributed by atoms with van der Waals surface area (Å²) < 4.78 is 5.11. The lowest BCUT2D eigenvalue weighted by molar-refractivity contribution is -0.136. The summed E-state index contributed by atoms with van der Waals surface area (Å²) in [4.78, 5) is 13.5. The van der Waals surface area contributed by atoms with Crippen molar-refractivity contribution in [2.45, 2.75) is 6.92 Å². The molecule has 2 aromatic carbocycles.